The van der Waals surface area contributed by atoms with Crippen LogP contribution in [0.2, 0.25) is 0 Å². The molecule has 1 fully saturated rings. The van der Waals surface area contributed by atoms with Crippen LogP contribution in [0.5, 0.6) is 0 Å². The molecule has 1 aliphatic heterocycles. The maximum Gasteiger partial charge on any atom is 0.255 e. The summed E-state index contributed by atoms with van der Waals surface area (Å²) in [5.41, 5.74) is 2.52. The number of furan rings is 1. The van der Waals surface area contributed by atoms with Gasteiger partial charge in [-0.2, -0.15) is 0 Å². The smallest absolute Gasteiger partial charge is 0.255 e. The van der Waals surface area contributed by atoms with Gasteiger partial charge in [0.2, 0.25) is 0 Å². The highest BCUT2D eigenvalue weighted by molar-refractivity contribution is 6.01. The number of piperidine rings is 1. The first kappa shape index (κ1) is 17.7. The molecule has 2 heterocycles. The fraction of sp³-hybridized carbons (Fsp3) is 0.476. The summed E-state index contributed by atoms with van der Waals surface area (Å²) in [7, 11) is 0. The molecule has 4 heteroatoms. The van der Waals surface area contributed by atoms with Gasteiger partial charge in [0, 0.05) is 30.3 Å². The first-order valence-electron chi connectivity index (χ1n) is 9.25. The summed E-state index contributed by atoms with van der Waals surface area (Å²) in [6.07, 6.45) is 3.83. The number of nitrogens with one attached hydrogen (secondary N) is 1. The first-order valence-corrected chi connectivity index (χ1v) is 9.25. The van der Waals surface area contributed by atoms with E-state index in [0.717, 1.165) is 30.0 Å². The second kappa shape index (κ2) is 7.87. The summed E-state index contributed by atoms with van der Waals surface area (Å²) in [6.45, 7) is 8.85. The van der Waals surface area contributed by atoms with Crippen LogP contribution in [-0.4, -0.2) is 36.5 Å². The average Bonchev–Trinajstić information content (AvgIpc) is 2.92. The molecule has 3 rings (SSSR count). The van der Waals surface area contributed by atoms with Crippen LogP contribution in [0.15, 0.2) is 34.7 Å². The van der Waals surface area contributed by atoms with Crippen molar-refractivity contribution < 1.29 is 9.21 Å². The molecule has 1 atom stereocenters. The fourth-order valence-electron chi connectivity index (χ4n) is 3.58. The molecule has 1 amide bonds. The summed E-state index contributed by atoms with van der Waals surface area (Å²) in [4.78, 5) is 15.3. The molecule has 1 saturated heterocycles. The van der Waals surface area contributed by atoms with Crippen molar-refractivity contribution in [3.63, 3.8) is 0 Å². The lowest BCUT2D eigenvalue weighted by atomic mass is 10.0. The summed E-state index contributed by atoms with van der Waals surface area (Å²) in [5.74, 6) is 1.42. The van der Waals surface area contributed by atoms with Gasteiger partial charge in [-0.1, -0.05) is 36.8 Å². The largest absolute Gasteiger partial charge is 0.460 e. The van der Waals surface area contributed by atoms with Crippen molar-refractivity contribution in [2.24, 2.45) is 0 Å². The zero-order valence-corrected chi connectivity index (χ0v) is 15.5. The second-order valence-electron chi connectivity index (χ2n) is 6.99. The Balaban J connectivity index is 1.70. The highest BCUT2D eigenvalue weighted by Crippen LogP contribution is 2.30. The number of rotatable bonds is 5. The molecule has 0 saturated carbocycles. The minimum absolute atomic E-state index is 0.0436. The normalized spacial score (nSPS) is 18.3. The van der Waals surface area contributed by atoms with E-state index in [-0.39, 0.29) is 5.91 Å². The SMILES string of the molecule is Cc1oc(-c2ccccc2)c(C(=O)NCCN2CCCCC2C)c1C. The van der Waals surface area contributed by atoms with Gasteiger partial charge in [0.05, 0.1) is 5.56 Å². The highest BCUT2D eigenvalue weighted by atomic mass is 16.3. The first-order chi connectivity index (χ1) is 12.1. The fourth-order valence-corrected chi connectivity index (χ4v) is 3.58. The standard InChI is InChI=1S/C21H28N2O2/c1-15-9-7-8-13-23(15)14-12-22-21(24)19-16(2)17(3)25-20(19)18-10-5-4-6-11-18/h4-6,10-11,15H,7-9,12-14H2,1-3H3,(H,22,24). The van der Waals surface area contributed by atoms with E-state index in [1.807, 2.05) is 44.2 Å². The molecule has 4 nitrogen and oxygen atoms in total. The van der Waals surface area contributed by atoms with Crippen molar-refractivity contribution in [2.45, 2.75) is 46.1 Å². The van der Waals surface area contributed by atoms with E-state index in [9.17, 15) is 4.79 Å². The van der Waals surface area contributed by atoms with E-state index in [4.69, 9.17) is 4.42 Å². The Hall–Kier alpha value is -2.07. The van der Waals surface area contributed by atoms with Crippen molar-refractivity contribution in [3.8, 4) is 11.3 Å². The lowest BCUT2D eigenvalue weighted by Crippen LogP contribution is -2.42. The summed E-state index contributed by atoms with van der Waals surface area (Å²) < 4.78 is 5.89. The van der Waals surface area contributed by atoms with Crippen molar-refractivity contribution in [2.75, 3.05) is 19.6 Å². The Morgan fingerprint density at radius 3 is 2.72 bits per heavy atom. The molecule has 1 unspecified atom stereocenters. The number of hydrogen-bond donors (Lipinski definition) is 1. The Morgan fingerprint density at radius 2 is 2.00 bits per heavy atom. The quantitative estimate of drug-likeness (QED) is 0.888. The second-order valence-corrected chi connectivity index (χ2v) is 6.99. The van der Waals surface area contributed by atoms with Crippen LogP contribution in [0, 0.1) is 13.8 Å². The molecule has 1 aromatic carbocycles. The average molecular weight is 340 g/mol. The van der Waals surface area contributed by atoms with E-state index >= 15 is 0 Å². The van der Waals surface area contributed by atoms with E-state index in [1.165, 1.54) is 19.3 Å². The molecule has 134 valence electrons. The summed E-state index contributed by atoms with van der Waals surface area (Å²) >= 11 is 0. The van der Waals surface area contributed by atoms with Crippen molar-refractivity contribution in [3.05, 3.63) is 47.2 Å². The van der Waals surface area contributed by atoms with Crippen molar-refractivity contribution in [1.82, 2.24) is 10.2 Å². The number of hydrogen-bond acceptors (Lipinski definition) is 3. The molecule has 0 bridgehead atoms. The van der Waals surface area contributed by atoms with Gasteiger partial charge < -0.3 is 9.73 Å². The molecule has 1 aliphatic rings. The van der Waals surface area contributed by atoms with Crippen molar-refractivity contribution in [1.29, 1.82) is 0 Å². The van der Waals surface area contributed by atoms with Crippen LogP contribution in [0.25, 0.3) is 11.3 Å². The Kier molecular flexibility index (Phi) is 5.59. The van der Waals surface area contributed by atoms with Crippen LogP contribution >= 0.6 is 0 Å². The maximum atomic E-state index is 12.8. The molecule has 0 radical (unpaired) electrons. The molecule has 2 aromatic rings. The molecule has 1 aromatic heterocycles. The molecule has 25 heavy (non-hydrogen) atoms. The molecule has 1 N–H and O–H groups in total. The molecule has 0 aliphatic carbocycles. The zero-order chi connectivity index (χ0) is 17.8. The summed E-state index contributed by atoms with van der Waals surface area (Å²) in [5, 5.41) is 3.09. The van der Waals surface area contributed by atoms with Gasteiger partial charge in [-0.05, 0) is 40.2 Å². The van der Waals surface area contributed by atoms with Gasteiger partial charge in [-0.15, -0.1) is 0 Å². The van der Waals surface area contributed by atoms with Crippen LogP contribution in [-0.2, 0) is 0 Å². The Labute approximate surface area is 150 Å². The van der Waals surface area contributed by atoms with Gasteiger partial charge in [0.15, 0.2) is 0 Å². The van der Waals surface area contributed by atoms with Crippen LogP contribution in [0.4, 0.5) is 0 Å². The lowest BCUT2D eigenvalue weighted by Gasteiger charge is -2.33. The van der Waals surface area contributed by atoms with Crippen LogP contribution in [0.3, 0.4) is 0 Å². The van der Waals surface area contributed by atoms with Crippen LogP contribution in [0.1, 0.15) is 47.9 Å². The highest BCUT2D eigenvalue weighted by Gasteiger charge is 2.23. The van der Waals surface area contributed by atoms with Gasteiger partial charge in [0.1, 0.15) is 11.5 Å². The lowest BCUT2D eigenvalue weighted by molar-refractivity contribution is 0.0938. The Bertz CT molecular complexity index is 721. The van der Waals surface area contributed by atoms with E-state index < -0.39 is 0 Å². The number of benzene rings is 1. The van der Waals surface area contributed by atoms with E-state index in [1.54, 1.807) is 0 Å². The van der Waals surface area contributed by atoms with Crippen molar-refractivity contribution >= 4 is 5.91 Å². The van der Waals surface area contributed by atoms with E-state index in [2.05, 4.69) is 17.1 Å². The van der Waals surface area contributed by atoms with Gasteiger partial charge in [0.25, 0.3) is 5.91 Å². The Morgan fingerprint density at radius 1 is 1.24 bits per heavy atom. The monoisotopic (exact) mass is 340 g/mol. The number of carbonyl (C=O) groups excluding carboxylic acids is 1. The predicted octanol–water partition coefficient (Wildman–Crippen LogP) is 4.17. The minimum atomic E-state index is -0.0436. The number of nitrogens with zero attached hydrogens (tertiary/aromatic N) is 1. The third-order valence-electron chi connectivity index (χ3n) is 5.27. The maximum absolute atomic E-state index is 12.8. The zero-order valence-electron chi connectivity index (χ0n) is 15.5. The number of amides is 1. The third-order valence-corrected chi connectivity index (χ3v) is 5.27. The number of likely N-dealkylation sites (tertiary alicyclic amines) is 1. The topological polar surface area (TPSA) is 45.5 Å². The van der Waals surface area contributed by atoms with Gasteiger partial charge in [-0.25, -0.2) is 0 Å². The molecular formula is C21H28N2O2. The van der Waals surface area contributed by atoms with Gasteiger partial charge in [-0.3, -0.25) is 9.69 Å². The predicted molar refractivity (Wildman–Crippen MR) is 101 cm³/mol. The van der Waals surface area contributed by atoms with Gasteiger partial charge >= 0.3 is 0 Å². The molecule has 0 spiro atoms. The summed E-state index contributed by atoms with van der Waals surface area (Å²) in [6, 6.07) is 10.5. The number of carbonyl (C=O) groups is 1. The third kappa shape index (κ3) is 3.96. The minimum Gasteiger partial charge on any atom is -0.460 e. The van der Waals surface area contributed by atoms with E-state index in [0.29, 0.717) is 23.9 Å². The molecular weight excluding hydrogens is 312 g/mol. The van der Waals surface area contributed by atoms with Crippen LogP contribution < -0.4 is 5.32 Å². The number of aryl methyl sites for hydroxylation is 1.